The molecule has 0 aliphatic rings. The molecule has 0 aromatic carbocycles. The summed E-state index contributed by atoms with van der Waals surface area (Å²) in [4.78, 5) is 5.59. The molecule has 1 N–H and O–H groups in total. The van der Waals surface area contributed by atoms with Crippen LogP contribution < -0.4 is 10.2 Å². The number of pyridine rings is 1. The summed E-state index contributed by atoms with van der Waals surface area (Å²) in [6, 6.07) is 3.37. The van der Waals surface area contributed by atoms with Crippen molar-refractivity contribution in [2.45, 2.75) is 45.5 Å². The fourth-order valence-corrected chi connectivity index (χ4v) is 2.10. The van der Waals surface area contributed by atoms with Crippen molar-refractivity contribution in [3.63, 3.8) is 0 Å². The molecule has 1 unspecified atom stereocenters. The first kappa shape index (κ1) is 16.8. The van der Waals surface area contributed by atoms with Gasteiger partial charge in [-0.25, -0.2) is 0 Å². The summed E-state index contributed by atoms with van der Waals surface area (Å²) in [6.07, 6.45) is -1.83. The molecule has 0 saturated carbocycles. The molecule has 20 heavy (non-hydrogen) atoms. The van der Waals surface area contributed by atoms with Crippen LogP contribution in [0, 0.1) is 0 Å². The van der Waals surface area contributed by atoms with Crippen LogP contribution in [-0.4, -0.2) is 30.8 Å². The minimum absolute atomic E-state index is 0.124. The van der Waals surface area contributed by atoms with Gasteiger partial charge in [0, 0.05) is 12.1 Å². The highest BCUT2D eigenvalue weighted by atomic mass is 19.4. The van der Waals surface area contributed by atoms with Gasteiger partial charge in [0.1, 0.15) is 6.54 Å². The molecule has 1 atom stereocenters. The van der Waals surface area contributed by atoms with Crippen LogP contribution in [0.1, 0.15) is 38.9 Å². The van der Waals surface area contributed by atoms with Crippen molar-refractivity contribution in [1.82, 2.24) is 10.3 Å². The van der Waals surface area contributed by atoms with Crippen LogP contribution in [0.2, 0.25) is 0 Å². The second-order valence-corrected chi connectivity index (χ2v) is 5.03. The molecule has 0 amide bonds. The van der Waals surface area contributed by atoms with Crippen molar-refractivity contribution in [2.75, 3.05) is 18.5 Å². The molecule has 0 aliphatic heterocycles. The monoisotopic (exact) mass is 289 g/mol. The number of anilines is 1. The molecule has 0 saturated heterocycles. The number of alkyl halides is 3. The van der Waals surface area contributed by atoms with Gasteiger partial charge in [-0.15, -0.1) is 0 Å². The predicted molar refractivity (Wildman–Crippen MR) is 74.9 cm³/mol. The molecule has 3 nitrogen and oxygen atoms in total. The standard InChI is InChI=1S/C14H22F3N3/c1-5-12(18-4)13-7-6-11(8-19-13)20(10(2)3)9-14(15,16)17/h6-8,10,12,18H,5,9H2,1-4H3. The maximum Gasteiger partial charge on any atom is 0.405 e. The summed E-state index contributed by atoms with van der Waals surface area (Å²) in [5.41, 5.74) is 1.33. The molecule has 1 aromatic rings. The van der Waals surface area contributed by atoms with E-state index in [4.69, 9.17) is 0 Å². The fraction of sp³-hybridized carbons (Fsp3) is 0.643. The van der Waals surface area contributed by atoms with Crippen LogP contribution in [0.25, 0.3) is 0 Å². The first-order valence-electron chi connectivity index (χ1n) is 6.75. The predicted octanol–water partition coefficient (Wildman–Crippen LogP) is 3.53. The second kappa shape index (κ2) is 6.92. The van der Waals surface area contributed by atoms with Gasteiger partial charge in [0.05, 0.1) is 17.6 Å². The van der Waals surface area contributed by atoms with E-state index in [0.717, 1.165) is 12.1 Å². The van der Waals surface area contributed by atoms with Gasteiger partial charge in [-0.1, -0.05) is 6.92 Å². The Bertz CT molecular complexity index is 397. The van der Waals surface area contributed by atoms with Gasteiger partial charge < -0.3 is 10.2 Å². The minimum Gasteiger partial charge on any atom is -0.359 e. The van der Waals surface area contributed by atoms with Crippen LogP contribution in [0.5, 0.6) is 0 Å². The average Bonchev–Trinajstić information content (AvgIpc) is 2.37. The molecule has 0 fully saturated rings. The third-order valence-electron chi connectivity index (χ3n) is 3.19. The SMILES string of the molecule is CCC(NC)c1ccc(N(CC(F)(F)F)C(C)C)cn1. The van der Waals surface area contributed by atoms with E-state index in [1.54, 1.807) is 26.0 Å². The molecule has 0 spiro atoms. The third-order valence-corrected chi connectivity index (χ3v) is 3.19. The van der Waals surface area contributed by atoms with E-state index in [0.29, 0.717) is 5.69 Å². The van der Waals surface area contributed by atoms with Crippen molar-refractivity contribution in [3.05, 3.63) is 24.0 Å². The van der Waals surface area contributed by atoms with Crippen molar-refractivity contribution in [2.24, 2.45) is 0 Å². The van der Waals surface area contributed by atoms with Crippen molar-refractivity contribution >= 4 is 5.69 Å². The average molecular weight is 289 g/mol. The van der Waals surface area contributed by atoms with Gasteiger partial charge in [-0.05, 0) is 39.4 Å². The highest BCUT2D eigenvalue weighted by Crippen LogP contribution is 2.24. The topological polar surface area (TPSA) is 28.2 Å². The van der Waals surface area contributed by atoms with Gasteiger partial charge in [-0.2, -0.15) is 13.2 Å². The van der Waals surface area contributed by atoms with Crippen molar-refractivity contribution in [3.8, 4) is 0 Å². The summed E-state index contributed by atoms with van der Waals surface area (Å²) in [7, 11) is 1.84. The van der Waals surface area contributed by atoms with E-state index in [-0.39, 0.29) is 12.1 Å². The van der Waals surface area contributed by atoms with Crippen molar-refractivity contribution < 1.29 is 13.2 Å². The lowest BCUT2D eigenvalue weighted by atomic mass is 10.1. The Balaban J connectivity index is 2.94. The number of nitrogens with one attached hydrogen (secondary N) is 1. The number of hydrogen-bond acceptors (Lipinski definition) is 3. The van der Waals surface area contributed by atoms with Gasteiger partial charge in [0.25, 0.3) is 0 Å². The Labute approximate surface area is 118 Å². The Morgan fingerprint density at radius 1 is 1.30 bits per heavy atom. The van der Waals surface area contributed by atoms with E-state index in [1.165, 1.54) is 11.1 Å². The highest BCUT2D eigenvalue weighted by Gasteiger charge is 2.32. The van der Waals surface area contributed by atoms with Gasteiger partial charge in [0.2, 0.25) is 0 Å². The van der Waals surface area contributed by atoms with E-state index >= 15 is 0 Å². The van der Waals surface area contributed by atoms with Crippen LogP contribution in [0.15, 0.2) is 18.3 Å². The molecule has 1 heterocycles. The number of aromatic nitrogens is 1. The highest BCUT2D eigenvalue weighted by molar-refractivity contribution is 5.46. The molecule has 114 valence electrons. The Morgan fingerprint density at radius 2 is 1.95 bits per heavy atom. The Hall–Kier alpha value is -1.30. The molecule has 1 rings (SSSR count). The molecule has 6 heteroatoms. The summed E-state index contributed by atoms with van der Waals surface area (Å²) >= 11 is 0. The summed E-state index contributed by atoms with van der Waals surface area (Å²) in [6.45, 7) is 4.54. The molecular weight excluding hydrogens is 267 g/mol. The molecule has 0 aliphatic carbocycles. The molecule has 1 aromatic heterocycles. The van der Waals surface area contributed by atoms with Gasteiger partial charge in [0.15, 0.2) is 0 Å². The maximum atomic E-state index is 12.6. The molecule has 0 bridgehead atoms. The minimum atomic E-state index is -4.22. The number of hydrogen-bond donors (Lipinski definition) is 1. The second-order valence-electron chi connectivity index (χ2n) is 5.03. The first-order chi connectivity index (χ1) is 9.28. The number of nitrogens with zero attached hydrogens (tertiary/aromatic N) is 2. The zero-order valence-corrected chi connectivity index (χ0v) is 12.3. The largest absolute Gasteiger partial charge is 0.405 e. The Morgan fingerprint density at radius 3 is 2.30 bits per heavy atom. The first-order valence-corrected chi connectivity index (χ1v) is 6.75. The normalized spacial score (nSPS) is 13.6. The van der Waals surface area contributed by atoms with E-state index < -0.39 is 12.7 Å². The van der Waals surface area contributed by atoms with E-state index in [1.807, 2.05) is 14.0 Å². The zero-order chi connectivity index (χ0) is 15.3. The van der Waals surface area contributed by atoms with E-state index in [9.17, 15) is 13.2 Å². The van der Waals surface area contributed by atoms with Crippen LogP contribution >= 0.6 is 0 Å². The third kappa shape index (κ3) is 4.67. The quantitative estimate of drug-likeness (QED) is 0.868. The van der Waals surface area contributed by atoms with E-state index in [2.05, 4.69) is 10.3 Å². The lowest BCUT2D eigenvalue weighted by Crippen LogP contribution is -2.39. The molecule has 0 radical (unpaired) electrons. The summed E-state index contributed by atoms with van der Waals surface area (Å²) in [5.74, 6) is 0. The van der Waals surface area contributed by atoms with Crippen LogP contribution in [-0.2, 0) is 0 Å². The number of halogens is 3. The van der Waals surface area contributed by atoms with Gasteiger partial charge >= 0.3 is 6.18 Å². The number of rotatable bonds is 6. The van der Waals surface area contributed by atoms with Crippen LogP contribution in [0.4, 0.5) is 18.9 Å². The molecular formula is C14H22F3N3. The van der Waals surface area contributed by atoms with Gasteiger partial charge in [-0.3, -0.25) is 4.98 Å². The summed E-state index contributed by atoms with van der Waals surface area (Å²) in [5, 5.41) is 3.12. The lowest BCUT2D eigenvalue weighted by Gasteiger charge is -2.29. The smallest absolute Gasteiger partial charge is 0.359 e. The summed E-state index contributed by atoms with van der Waals surface area (Å²) < 4.78 is 37.8. The maximum absolute atomic E-state index is 12.6. The van der Waals surface area contributed by atoms with Crippen LogP contribution in [0.3, 0.4) is 0 Å². The lowest BCUT2D eigenvalue weighted by molar-refractivity contribution is -0.120. The Kier molecular flexibility index (Phi) is 5.80. The fourth-order valence-electron chi connectivity index (χ4n) is 2.10. The van der Waals surface area contributed by atoms with Crippen molar-refractivity contribution in [1.29, 1.82) is 0 Å². The zero-order valence-electron chi connectivity index (χ0n) is 12.3.